The Morgan fingerprint density at radius 2 is 1.96 bits per heavy atom. The molecular weight excluding hydrogens is 333 g/mol. The fourth-order valence-electron chi connectivity index (χ4n) is 2.41. The van der Waals surface area contributed by atoms with Gasteiger partial charge in [0.15, 0.2) is 0 Å². The van der Waals surface area contributed by atoms with Gasteiger partial charge in [0.1, 0.15) is 17.3 Å². The van der Waals surface area contributed by atoms with E-state index < -0.39 is 11.7 Å². The van der Waals surface area contributed by atoms with Crippen molar-refractivity contribution in [3.8, 4) is 0 Å². The molecule has 8 heteroatoms. The highest BCUT2D eigenvalue weighted by molar-refractivity contribution is 6.31. The summed E-state index contributed by atoms with van der Waals surface area (Å²) in [6.45, 7) is 3.69. The van der Waals surface area contributed by atoms with Crippen molar-refractivity contribution in [1.82, 2.24) is 14.9 Å². The maximum atomic E-state index is 13.1. The van der Waals surface area contributed by atoms with E-state index in [0.29, 0.717) is 5.69 Å². The molecule has 1 saturated heterocycles. The lowest BCUT2D eigenvalue weighted by molar-refractivity contribution is 0.102. The maximum absolute atomic E-state index is 13.1. The predicted octanol–water partition coefficient (Wildman–Crippen LogP) is 2.27. The van der Waals surface area contributed by atoms with E-state index in [4.69, 9.17) is 11.6 Å². The van der Waals surface area contributed by atoms with E-state index in [0.717, 1.165) is 32.0 Å². The zero-order valence-corrected chi connectivity index (χ0v) is 13.9. The number of hydrogen-bond acceptors (Lipinski definition) is 5. The number of likely N-dealkylation sites (N-methyl/N-ethyl adjacent to an activating group) is 1. The van der Waals surface area contributed by atoms with E-state index in [1.807, 2.05) is 0 Å². The van der Waals surface area contributed by atoms with Crippen molar-refractivity contribution >= 4 is 29.0 Å². The van der Waals surface area contributed by atoms with Gasteiger partial charge in [-0.25, -0.2) is 14.4 Å². The number of nitrogens with one attached hydrogen (secondary N) is 1. The van der Waals surface area contributed by atoms with Gasteiger partial charge < -0.3 is 15.1 Å². The molecule has 1 amide bonds. The standard InChI is InChI=1S/C16H17ClFN5O/c1-22-4-6-23(7-5-22)15-10-19-14(9-20-15)16(24)21-11-2-3-13(18)12(17)8-11/h2-3,8-10H,4-7H2,1H3,(H,21,24). The summed E-state index contributed by atoms with van der Waals surface area (Å²) >= 11 is 5.70. The molecule has 126 valence electrons. The fourth-order valence-corrected chi connectivity index (χ4v) is 2.59. The second-order valence-electron chi connectivity index (χ2n) is 5.63. The van der Waals surface area contributed by atoms with Gasteiger partial charge in [-0.05, 0) is 25.2 Å². The summed E-state index contributed by atoms with van der Waals surface area (Å²) in [7, 11) is 2.08. The van der Waals surface area contributed by atoms with Crippen molar-refractivity contribution < 1.29 is 9.18 Å². The van der Waals surface area contributed by atoms with Gasteiger partial charge in [-0.1, -0.05) is 11.6 Å². The minimum absolute atomic E-state index is 0.0516. The average Bonchev–Trinajstić information content (AvgIpc) is 2.59. The van der Waals surface area contributed by atoms with Crippen molar-refractivity contribution in [2.24, 2.45) is 0 Å². The first-order valence-corrected chi connectivity index (χ1v) is 7.92. The van der Waals surface area contributed by atoms with Crippen LogP contribution in [0.15, 0.2) is 30.6 Å². The molecule has 0 radical (unpaired) electrons. The van der Waals surface area contributed by atoms with E-state index in [-0.39, 0.29) is 10.7 Å². The SMILES string of the molecule is CN1CCN(c2cnc(C(=O)Nc3ccc(F)c(Cl)c3)cn2)CC1. The van der Waals surface area contributed by atoms with Crippen molar-refractivity contribution in [1.29, 1.82) is 0 Å². The number of piperazine rings is 1. The molecule has 2 heterocycles. The third kappa shape index (κ3) is 3.80. The number of hydrogen-bond donors (Lipinski definition) is 1. The van der Waals surface area contributed by atoms with Crippen molar-refractivity contribution in [3.63, 3.8) is 0 Å². The molecular formula is C16H17ClFN5O. The Balaban J connectivity index is 1.66. The molecule has 24 heavy (non-hydrogen) atoms. The highest BCUT2D eigenvalue weighted by Crippen LogP contribution is 2.20. The van der Waals surface area contributed by atoms with Crippen molar-refractivity contribution in [2.45, 2.75) is 0 Å². The number of anilines is 2. The minimum atomic E-state index is -0.536. The largest absolute Gasteiger partial charge is 0.353 e. The third-order valence-corrected chi connectivity index (χ3v) is 4.17. The highest BCUT2D eigenvalue weighted by Gasteiger charge is 2.16. The van der Waals surface area contributed by atoms with Gasteiger partial charge in [0.25, 0.3) is 5.91 Å². The van der Waals surface area contributed by atoms with Crippen LogP contribution in [0.4, 0.5) is 15.9 Å². The molecule has 6 nitrogen and oxygen atoms in total. The van der Waals surface area contributed by atoms with Gasteiger partial charge in [0.2, 0.25) is 0 Å². The topological polar surface area (TPSA) is 61.4 Å². The summed E-state index contributed by atoms with van der Waals surface area (Å²) in [5.74, 6) is -0.203. The summed E-state index contributed by atoms with van der Waals surface area (Å²) in [6, 6.07) is 3.98. The summed E-state index contributed by atoms with van der Waals surface area (Å²) in [4.78, 5) is 25.0. The van der Waals surface area contributed by atoms with Gasteiger partial charge in [0.05, 0.1) is 17.4 Å². The quantitative estimate of drug-likeness (QED) is 0.921. The van der Waals surface area contributed by atoms with E-state index >= 15 is 0 Å². The molecule has 2 aromatic rings. The van der Waals surface area contributed by atoms with Crippen LogP contribution in [0, 0.1) is 5.82 Å². The molecule has 1 fully saturated rings. The van der Waals surface area contributed by atoms with Crippen LogP contribution in [0.1, 0.15) is 10.5 Å². The van der Waals surface area contributed by atoms with Gasteiger partial charge in [0, 0.05) is 31.9 Å². The Kier molecular flexibility index (Phi) is 4.92. The van der Waals surface area contributed by atoms with Crippen LogP contribution in [0.2, 0.25) is 5.02 Å². The first kappa shape index (κ1) is 16.6. The normalized spacial score (nSPS) is 15.4. The molecule has 0 atom stereocenters. The van der Waals surface area contributed by atoms with Crippen LogP contribution in [0.5, 0.6) is 0 Å². The summed E-state index contributed by atoms with van der Waals surface area (Å²) in [5, 5.41) is 2.57. The van der Waals surface area contributed by atoms with E-state index in [1.165, 1.54) is 24.4 Å². The molecule has 1 aromatic heterocycles. The van der Waals surface area contributed by atoms with Crippen LogP contribution in [-0.4, -0.2) is 54.0 Å². The molecule has 0 bridgehead atoms. The van der Waals surface area contributed by atoms with Crippen LogP contribution >= 0.6 is 11.6 Å². The Morgan fingerprint density at radius 1 is 1.21 bits per heavy atom. The number of rotatable bonds is 3. The zero-order valence-electron chi connectivity index (χ0n) is 13.2. The molecule has 1 aromatic carbocycles. The molecule has 0 spiro atoms. The first-order chi connectivity index (χ1) is 11.5. The summed E-state index contributed by atoms with van der Waals surface area (Å²) in [5.41, 5.74) is 0.588. The van der Waals surface area contributed by atoms with Gasteiger partial charge in [-0.3, -0.25) is 4.79 Å². The van der Waals surface area contributed by atoms with Crippen LogP contribution in [0.3, 0.4) is 0 Å². The lowest BCUT2D eigenvalue weighted by Gasteiger charge is -2.32. The molecule has 1 aliphatic rings. The third-order valence-electron chi connectivity index (χ3n) is 3.88. The Morgan fingerprint density at radius 3 is 2.58 bits per heavy atom. The number of amides is 1. The molecule has 1 aliphatic heterocycles. The average molecular weight is 350 g/mol. The zero-order chi connectivity index (χ0) is 17.1. The minimum Gasteiger partial charge on any atom is -0.353 e. The van der Waals surface area contributed by atoms with Crippen LogP contribution in [-0.2, 0) is 0 Å². The lowest BCUT2D eigenvalue weighted by Crippen LogP contribution is -2.44. The van der Waals surface area contributed by atoms with E-state index in [9.17, 15) is 9.18 Å². The maximum Gasteiger partial charge on any atom is 0.275 e. The van der Waals surface area contributed by atoms with Gasteiger partial charge in [-0.2, -0.15) is 0 Å². The molecule has 0 aliphatic carbocycles. The van der Waals surface area contributed by atoms with E-state index in [2.05, 4.69) is 32.1 Å². The predicted molar refractivity (Wildman–Crippen MR) is 91.1 cm³/mol. The second-order valence-corrected chi connectivity index (χ2v) is 6.04. The highest BCUT2D eigenvalue weighted by atomic mass is 35.5. The Bertz CT molecular complexity index is 732. The fraction of sp³-hybridized carbons (Fsp3) is 0.312. The number of aromatic nitrogens is 2. The second kappa shape index (κ2) is 7.11. The molecule has 3 rings (SSSR count). The van der Waals surface area contributed by atoms with Crippen LogP contribution < -0.4 is 10.2 Å². The monoisotopic (exact) mass is 349 g/mol. The first-order valence-electron chi connectivity index (χ1n) is 7.55. The number of carbonyl (C=O) groups is 1. The number of halogens is 2. The molecule has 0 saturated carbocycles. The van der Waals surface area contributed by atoms with Crippen molar-refractivity contribution in [3.05, 3.63) is 47.1 Å². The number of nitrogens with zero attached hydrogens (tertiary/aromatic N) is 4. The Hall–Kier alpha value is -2.25. The molecule has 1 N–H and O–H groups in total. The van der Waals surface area contributed by atoms with Crippen LogP contribution in [0.25, 0.3) is 0 Å². The van der Waals surface area contributed by atoms with E-state index in [1.54, 1.807) is 6.20 Å². The van der Waals surface area contributed by atoms with Crippen molar-refractivity contribution in [2.75, 3.05) is 43.4 Å². The number of carbonyl (C=O) groups excluding carboxylic acids is 1. The smallest absolute Gasteiger partial charge is 0.275 e. The summed E-state index contributed by atoms with van der Waals surface area (Å²) in [6.07, 6.45) is 3.03. The van der Waals surface area contributed by atoms with Gasteiger partial charge in [-0.15, -0.1) is 0 Å². The lowest BCUT2D eigenvalue weighted by atomic mass is 10.3. The summed E-state index contributed by atoms with van der Waals surface area (Å²) < 4.78 is 13.1. The van der Waals surface area contributed by atoms with Gasteiger partial charge >= 0.3 is 0 Å². The molecule has 0 unspecified atom stereocenters. The Labute approximate surface area is 144 Å². The number of benzene rings is 1.